The largest absolute Gasteiger partial charge is 0.419 e. The monoisotopic (exact) mass is 271 g/mol. The highest BCUT2D eigenvalue weighted by Gasteiger charge is 2.13. The van der Waals surface area contributed by atoms with Crippen LogP contribution in [0.3, 0.4) is 0 Å². The molecule has 2 rings (SSSR count). The lowest BCUT2D eigenvalue weighted by Gasteiger charge is -1.99. The molecule has 0 saturated carbocycles. The molecule has 0 saturated heterocycles. The molecule has 0 fully saturated rings. The fourth-order valence-electron chi connectivity index (χ4n) is 1.11. The highest BCUT2D eigenvalue weighted by Crippen LogP contribution is 2.29. The van der Waals surface area contributed by atoms with Crippen molar-refractivity contribution >= 4 is 15.9 Å². The van der Waals surface area contributed by atoms with Crippen LogP contribution in [0.2, 0.25) is 0 Å². The van der Waals surface area contributed by atoms with Crippen LogP contribution >= 0.6 is 15.9 Å². The number of hydrogen-bond acceptors (Lipinski definition) is 4. The summed E-state index contributed by atoms with van der Waals surface area (Å²) >= 11 is 3.11. The van der Waals surface area contributed by atoms with Gasteiger partial charge in [0.05, 0.1) is 16.6 Å². The summed E-state index contributed by atoms with van der Waals surface area (Å²) in [6, 6.07) is 4.59. The smallest absolute Gasteiger partial charge is 0.249 e. The molecule has 1 aromatic carbocycles. The Morgan fingerprint density at radius 3 is 2.87 bits per heavy atom. The predicted molar refractivity (Wildman–Crippen MR) is 55.3 cm³/mol. The van der Waals surface area contributed by atoms with Gasteiger partial charge in [-0.25, -0.2) is 4.39 Å². The SMILES string of the molecule is NCc1nnc(-c2cccc(F)c2Br)o1. The standard InChI is InChI=1S/C9H7BrFN3O/c10-8-5(2-1-3-6(8)11)9-14-13-7(4-12)15-9/h1-3H,4,12H2. The van der Waals surface area contributed by atoms with Crippen molar-refractivity contribution in [2.45, 2.75) is 6.54 Å². The van der Waals surface area contributed by atoms with Gasteiger partial charge in [0.25, 0.3) is 0 Å². The van der Waals surface area contributed by atoms with Crippen molar-refractivity contribution in [2.24, 2.45) is 5.73 Å². The molecule has 6 heteroatoms. The molecule has 0 amide bonds. The lowest BCUT2D eigenvalue weighted by Crippen LogP contribution is -1.95. The fraction of sp³-hybridized carbons (Fsp3) is 0.111. The summed E-state index contributed by atoms with van der Waals surface area (Å²) in [6.07, 6.45) is 0. The molecule has 0 atom stereocenters. The number of rotatable bonds is 2. The summed E-state index contributed by atoms with van der Waals surface area (Å²) in [5.41, 5.74) is 5.84. The third-order valence-electron chi connectivity index (χ3n) is 1.82. The van der Waals surface area contributed by atoms with E-state index in [1.165, 1.54) is 6.07 Å². The second-order valence-corrected chi connectivity index (χ2v) is 3.60. The van der Waals surface area contributed by atoms with Crippen molar-refractivity contribution in [1.82, 2.24) is 10.2 Å². The average molecular weight is 272 g/mol. The quantitative estimate of drug-likeness (QED) is 0.909. The zero-order valence-corrected chi connectivity index (χ0v) is 9.16. The number of nitrogens with two attached hydrogens (primary N) is 1. The minimum absolute atomic E-state index is 0.167. The Bertz CT molecular complexity index is 486. The Hall–Kier alpha value is -1.27. The molecule has 0 radical (unpaired) electrons. The van der Waals surface area contributed by atoms with Gasteiger partial charge in [0.1, 0.15) is 5.82 Å². The number of nitrogens with zero attached hydrogens (tertiary/aromatic N) is 2. The van der Waals surface area contributed by atoms with Crippen LogP contribution in [0.25, 0.3) is 11.5 Å². The average Bonchev–Trinajstić information content (AvgIpc) is 2.70. The van der Waals surface area contributed by atoms with Crippen LogP contribution in [0.5, 0.6) is 0 Å². The first kappa shape index (κ1) is 10.3. The molecule has 0 aliphatic carbocycles. The lowest BCUT2D eigenvalue weighted by molar-refractivity contribution is 0.507. The van der Waals surface area contributed by atoms with E-state index in [2.05, 4.69) is 26.1 Å². The molecule has 0 spiro atoms. The zero-order chi connectivity index (χ0) is 10.8. The Kier molecular flexibility index (Phi) is 2.79. The molecule has 0 bridgehead atoms. The van der Waals surface area contributed by atoms with Crippen molar-refractivity contribution in [1.29, 1.82) is 0 Å². The molecule has 2 N–H and O–H groups in total. The van der Waals surface area contributed by atoms with Crippen molar-refractivity contribution in [2.75, 3.05) is 0 Å². The molecule has 0 aliphatic rings. The minimum atomic E-state index is -0.375. The molecule has 4 nitrogen and oxygen atoms in total. The van der Waals surface area contributed by atoms with Crippen LogP contribution in [0, 0.1) is 5.82 Å². The summed E-state index contributed by atoms with van der Waals surface area (Å²) in [5.74, 6) is 0.197. The summed E-state index contributed by atoms with van der Waals surface area (Å²) in [4.78, 5) is 0. The highest BCUT2D eigenvalue weighted by atomic mass is 79.9. The second kappa shape index (κ2) is 4.08. The molecule has 78 valence electrons. The van der Waals surface area contributed by atoms with E-state index < -0.39 is 0 Å². The van der Waals surface area contributed by atoms with Crippen molar-refractivity contribution in [3.05, 3.63) is 34.4 Å². The van der Waals surface area contributed by atoms with Gasteiger partial charge in [0, 0.05) is 0 Å². The van der Waals surface area contributed by atoms with Crippen LogP contribution in [0.1, 0.15) is 5.89 Å². The maximum atomic E-state index is 13.2. The van der Waals surface area contributed by atoms with Crippen molar-refractivity contribution < 1.29 is 8.81 Å². The van der Waals surface area contributed by atoms with E-state index >= 15 is 0 Å². The van der Waals surface area contributed by atoms with Crippen LogP contribution in [-0.2, 0) is 6.54 Å². The number of aromatic nitrogens is 2. The van der Waals surface area contributed by atoms with Crippen molar-refractivity contribution in [3.63, 3.8) is 0 Å². The summed E-state index contributed by atoms with van der Waals surface area (Å²) < 4.78 is 18.7. The summed E-state index contributed by atoms with van der Waals surface area (Å²) in [5, 5.41) is 7.46. The number of hydrogen-bond donors (Lipinski definition) is 1. The van der Waals surface area contributed by atoms with E-state index in [0.29, 0.717) is 15.9 Å². The van der Waals surface area contributed by atoms with Gasteiger partial charge < -0.3 is 10.2 Å². The van der Waals surface area contributed by atoms with Gasteiger partial charge in [0.2, 0.25) is 11.8 Å². The van der Waals surface area contributed by atoms with Gasteiger partial charge in [-0.3, -0.25) is 0 Å². The first-order valence-corrected chi connectivity index (χ1v) is 4.98. The van der Waals surface area contributed by atoms with Crippen LogP contribution in [0.4, 0.5) is 4.39 Å². The lowest BCUT2D eigenvalue weighted by atomic mass is 10.2. The Balaban J connectivity index is 2.49. The van der Waals surface area contributed by atoms with Gasteiger partial charge in [-0.2, -0.15) is 0 Å². The third kappa shape index (κ3) is 1.91. The first-order chi connectivity index (χ1) is 7.22. The number of benzene rings is 1. The molecule has 2 aromatic rings. The van der Waals surface area contributed by atoms with Crippen molar-refractivity contribution in [3.8, 4) is 11.5 Å². The van der Waals surface area contributed by atoms with Crippen LogP contribution in [-0.4, -0.2) is 10.2 Å². The summed E-state index contributed by atoms with van der Waals surface area (Å²) in [6.45, 7) is 0.167. The van der Waals surface area contributed by atoms with Crippen LogP contribution in [0.15, 0.2) is 27.1 Å². The Labute approximate surface area is 93.4 Å². The van der Waals surface area contributed by atoms with Gasteiger partial charge in [-0.15, -0.1) is 10.2 Å². The van der Waals surface area contributed by atoms with E-state index in [9.17, 15) is 4.39 Å². The topological polar surface area (TPSA) is 64.9 Å². The molecular formula is C9H7BrFN3O. The van der Waals surface area contributed by atoms with Crippen LogP contribution < -0.4 is 5.73 Å². The Morgan fingerprint density at radius 1 is 1.40 bits per heavy atom. The minimum Gasteiger partial charge on any atom is -0.419 e. The maximum absolute atomic E-state index is 13.2. The number of halogens is 2. The molecule has 0 aliphatic heterocycles. The molecule has 0 unspecified atom stereocenters. The van der Waals surface area contributed by atoms with Gasteiger partial charge in [-0.05, 0) is 28.1 Å². The Morgan fingerprint density at radius 2 is 2.20 bits per heavy atom. The zero-order valence-electron chi connectivity index (χ0n) is 7.58. The van der Waals surface area contributed by atoms with E-state index in [4.69, 9.17) is 10.2 Å². The third-order valence-corrected chi connectivity index (χ3v) is 2.63. The second-order valence-electron chi connectivity index (χ2n) is 2.81. The molecular weight excluding hydrogens is 265 g/mol. The van der Waals surface area contributed by atoms with E-state index in [1.807, 2.05) is 0 Å². The highest BCUT2D eigenvalue weighted by molar-refractivity contribution is 9.10. The van der Waals surface area contributed by atoms with E-state index in [1.54, 1.807) is 12.1 Å². The molecule has 15 heavy (non-hydrogen) atoms. The van der Waals surface area contributed by atoms with E-state index in [0.717, 1.165) is 0 Å². The van der Waals surface area contributed by atoms with Gasteiger partial charge in [-0.1, -0.05) is 6.07 Å². The van der Waals surface area contributed by atoms with E-state index in [-0.39, 0.29) is 18.3 Å². The summed E-state index contributed by atoms with van der Waals surface area (Å²) in [7, 11) is 0. The van der Waals surface area contributed by atoms with Gasteiger partial charge in [0.15, 0.2) is 0 Å². The van der Waals surface area contributed by atoms with Gasteiger partial charge >= 0.3 is 0 Å². The normalized spacial score (nSPS) is 10.6. The fourth-order valence-corrected chi connectivity index (χ4v) is 1.55. The molecule has 1 aromatic heterocycles. The molecule has 1 heterocycles. The maximum Gasteiger partial charge on any atom is 0.249 e. The predicted octanol–water partition coefficient (Wildman–Crippen LogP) is 2.10. The first-order valence-electron chi connectivity index (χ1n) is 4.19.